The first-order valence-electron chi connectivity index (χ1n) is 9.18. The summed E-state index contributed by atoms with van der Waals surface area (Å²) >= 11 is 0. The maximum absolute atomic E-state index is 12.9. The van der Waals surface area contributed by atoms with Crippen LogP contribution in [0.2, 0.25) is 0 Å². The van der Waals surface area contributed by atoms with Gasteiger partial charge in [-0.25, -0.2) is 8.42 Å². The van der Waals surface area contributed by atoms with Crippen LogP contribution in [0.4, 0.5) is 18.9 Å². The lowest BCUT2D eigenvalue weighted by molar-refractivity contribution is -0.137. The lowest BCUT2D eigenvalue weighted by Crippen LogP contribution is -2.35. The van der Waals surface area contributed by atoms with Crippen molar-refractivity contribution >= 4 is 21.6 Å². The van der Waals surface area contributed by atoms with Crippen LogP contribution >= 0.6 is 0 Å². The van der Waals surface area contributed by atoms with E-state index in [2.05, 4.69) is 5.32 Å². The van der Waals surface area contributed by atoms with Gasteiger partial charge in [-0.05, 0) is 55.7 Å². The Bertz CT molecular complexity index is 1010. The van der Waals surface area contributed by atoms with Crippen LogP contribution in [0.1, 0.15) is 40.7 Å². The Kier molecular flexibility index (Phi) is 6.00. The van der Waals surface area contributed by atoms with E-state index in [-0.39, 0.29) is 16.1 Å². The lowest BCUT2D eigenvalue weighted by atomic mass is 10.1. The Hall–Kier alpha value is -2.39. The van der Waals surface area contributed by atoms with Crippen LogP contribution in [0.5, 0.6) is 0 Å². The number of piperidine rings is 1. The summed E-state index contributed by atoms with van der Waals surface area (Å²) in [5, 5.41) is 2.42. The van der Waals surface area contributed by atoms with Crippen molar-refractivity contribution < 1.29 is 26.4 Å². The first-order chi connectivity index (χ1) is 13.6. The first-order valence-corrected chi connectivity index (χ1v) is 10.6. The topological polar surface area (TPSA) is 66.5 Å². The van der Waals surface area contributed by atoms with E-state index < -0.39 is 27.7 Å². The van der Waals surface area contributed by atoms with Gasteiger partial charge in [0.05, 0.1) is 10.5 Å². The lowest BCUT2D eigenvalue weighted by Gasteiger charge is -2.26. The molecule has 0 unspecified atom stereocenters. The molecule has 1 heterocycles. The summed E-state index contributed by atoms with van der Waals surface area (Å²) in [4.78, 5) is 12.6. The largest absolute Gasteiger partial charge is 0.416 e. The summed E-state index contributed by atoms with van der Waals surface area (Å²) in [7, 11) is -3.73. The van der Waals surface area contributed by atoms with Gasteiger partial charge >= 0.3 is 6.18 Å². The molecule has 0 bridgehead atoms. The number of nitrogens with zero attached hydrogens (tertiary/aromatic N) is 1. The van der Waals surface area contributed by atoms with E-state index in [9.17, 15) is 26.4 Å². The molecule has 1 N–H and O–H groups in total. The zero-order valence-electron chi connectivity index (χ0n) is 15.8. The van der Waals surface area contributed by atoms with Gasteiger partial charge in [-0.15, -0.1) is 0 Å². The molecule has 2 aromatic carbocycles. The van der Waals surface area contributed by atoms with Gasteiger partial charge in [0.25, 0.3) is 5.91 Å². The molecule has 0 spiro atoms. The fourth-order valence-corrected chi connectivity index (χ4v) is 4.78. The van der Waals surface area contributed by atoms with Crippen molar-refractivity contribution in [2.24, 2.45) is 0 Å². The highest BCUT2D eigenvalue weighted by atomic mass is 32.2. The van der Waals surface area contributed by atoms with Crippen LogP contribution in [0.15, 0.2) is 47.4 Å². The molecule has 2 aromatic rings. The summed E-state index contributed by atoms with van der Waals surface area (Å²) in [6.07, 6.45) is -1.98. The van der Waals surface area contributed by atoms with Crippen molar-refractivity contribution in [3.8, 4) is 0 Å². The predicted molar refractivity (Wildman–Crippen MR) is 103 cm³/mol. The summed E-state index contributed by atoms with van der Waals surface area (Å²) in [5.74, 6) is -0.669. The van der Waals surface area contributed by atoms with E-state index in [0.717, 1.165) is 31.4 Å². The maximum atomic E-state index is 12.9. The average molecular weight is 426 g/mol. The van der Waals surface area contributed by atoms with E-state index >= 15 is 0 Å². The third-order valence-electron chi connectivity index (χ3n) is 4.85. The molecule has 0 aliphatic carbocycles. The minimum Gasteiger partial charge on any atom is -0.322 e. The molecule has 1 amide bonds. The molecule has 1 fully saturated rings. The zero-order chi connectivity index (χ0) is 21.2. The third kappa shape index (κ3) is 4.79. The number of sulfonamides is 1. The number of carbonyl (C=O) groups excluding carboxylic acids is 1. The quantitative estimate of drug-likeness (QED) is 0.786. The predicted octanol–water partition coefficient (Wildman–Crippen LogP) is 4.44. The number of carbonyl (C=O) groups is 1. The van der Waals surface area contributed by atoms with Crippen molar-refractivity contribution in [1.82, 2.24) is 4.31 Å². The molecule has 156 valence electrons. The molecule has 0 radical (unpaired) electrons. The van der Waals surface area contributed by atoms with E-state index in [1.54, 1.807) is 6.92 Å². The second-order valence-corrected chi connectivity index (χ2v) is 8.91. The summed E-state index contributed by atoms with van der Waals surface area (Å²) in [5.41, 5.74) is -0.283. The Balaban J connectivity index is 1.87. The van der Waals surface area contributed by atoms with Gasteiger partial charge in [-0.1, -0.05) is 18.6 Å². The number of anilines is 1. The number of nitrogens with one attached hydrogen (secondary N) is 1. The number of aryl methyl sites for hydroxylation is 1. The van der Waals surface area contributed by atoms with Crippen LogP contribution < -0.4 is 5.32 Å². The monoisotopic (exact) mass is 426 g/mol. The molecule has 5 nitrogen and oxygen atoms in total. The van der Waals surface area contributed by atoms with Crippen molar-refractivity contribution in [2.75, 3.05) is 18.4 Å². The fourth-order valence-electron chi connectivity index (χ4n) is 3.23. The van der Waals surface area contributed by atoms with Crippen LogP contribution in [0.3, 0.4) is 0 Å². The first kappa shape index (κ1) is 21.3. The molecule has 0 aromatic heterocycles. The normalized spacial score (nSPS) is 15.9. The highest BCUT2D eigenvalue weighted by molar-refractivity contribution is 7.89. The number of amides is 1. The number of halogens is 3. The molecule has 0 atom stereocenters. The second kappa shape index (κ2) is 8.16. The SMILES string of the molecule is Cc1ccc(S(=O)(=O)N2CCCCC2)cc1C(=O)Nc1cccc(C(F)(F)F)c1. The van der Waals surface area contributed by atoms with Gasteiger partial charge in [0.2, 0.25) is 10.0 Å². The van der Waals surface area contributed by atoms with Gasteiger partial charge in [-0.3, -0.25) is 4.79 Å². The van der Waals surface area contributed by atoms with Crippen molar-refractivity contribution in [1.29, 1.82) is 0 Å². The van der Waals surface area contributed by atoms with Gasteiger partial charge in [-0.2, -0.15) is 17.5 Å². The number of benzene rings is 2. The molecule has 29 heavy (non-hydrogen) atoms. The molecule has 1 aliphatic heterocycles. The van der Waals surface area contributed by atoms with Gasteiger partial charge in [0.15, 0.2) is 0 Å². The van der Waals surface area contributed by atoms with Crippen molar-refractivity contribution in [3.05, 3.63) is 59.2 Å². The standard InChI is InChI=1S/C20H21F3N2O3S/c1-14-8-9-17(29(27,28)25-10-3-2-4-11-25)13-18(14)19(26)24-16-7-5-6-15(12-16)20(21,22)23/h5-9,12-13H,2-4,10-11H2,1H3,(H,24,26). The van der Waals surface area contributed by atoms with E-state index in [0.29, 0.717) is 18.7 Å². The minimum atomic E-state index is -4.53. The number of rotatable bonds is 4. The van der Waals surface area contributed by atoms with E-state index in [1.165, 1.54) is 34.6 Å². The van der Waals surface area contributed by atoms with Crippen molar-refractivity contribution in [2.45, 2.75) is 37.3 Å². The highest BCUT2D eigenvalue weighted by Gasteiger charge is 2.31. The fraction of sp³-hybridized carbons (Fsp3) is 0.350. The molecular formula is C20H21F3N2O3S. The summed E-state index contributed by atoms with van der Waals surface area (Å²) < 4.78 is 65.7. The molecule has 1 saturated heterocycles. The van der Waals surface area contributed by atoms with Gasteiger partial charge in [0, 0.05) is 24.3 Å². The number of hydrogen-bond donors (Lipinski definition) is 1. The Morgan fingerprint density at radius 3 is 2.38 bits per heavy atom. The molecule has 0 saturated carbocycles. The molecule has 3 rings (SSSR count). The smallest absolute Gasteiger partial charge is 0.322 e. The van der Waals surface area contributed by atoms with Crippen LogP contribution in [0, 0.1) is 6.92 Å². The third-order valence-corrected chi connectivity index (χ3v) is 6.75. The summed E-state index contributed by atoms with van der Waals surface area (Å²) in [6.45, 7) is 2.50. The average Bonchev–Trinajstić information content (AvgIpc) is 2.68. The Labute approximate surface area is 167 Å². The number of alkyl halides is 3. The second-order valence-electron chi connectivity index (χ2n) is 6.97. The molecular weight excluding hydrogens is 405 g/mol. The molecule has 9 heteroatoms. The van der Waals surface area contributed by atoms with Crippen molar-refractivity contribution in [3.63, 3.8) is 0 Å². The maximum Gasteiger partial charge on any atom is 0.416 e. The number of hydrogen-bond acceptors (Lipinski definition) is 3. The minimum absolute atomic E-state index is 0.000748. The Morgan fingerprint density at radius 1 is 1.03 bits per heavy atom. The van der Waals surface area contributed by atoms with Crippen LogP contribution in [-0.2, 0) is 16.2 Å². The van der Waals surface area contributed by atoms with E-state index in [1.807, 2.05) is 0 Å². The zero-order valence-corrected chi connectivity index (χ0v) is 16.6. The van der Waals surface area contributed by atoms with E-state index in [4.69, 9.17) is 0 Å². The van der Waals surface area contributed by atoms with Gasteiger partial charge < -0.3 is 5.32 Å². The van der Waals surface area contributed by atoms with Crippen LogP contribution in [0.25, 0.3) is 0 Å². The van der Waals surface area contributed by atoms with Gasteiger partial charge in [0.1, 0.15) is 0 Å². The highest BCUT2D eigenvalue weighted by Crippen LogP contribution is 2.31. The Morgan fingerprint density at radius 2 is 1.72 bits per heavy atom. The van der Waals surface area contributed by atoms with Crippen LogP contribution in [-0.4, -0.2) is 31.7 Å². The summed E-state index contributed by atoms with van der Waals surface area (Å²) in [6, 6.07) is 8.54. The molecule has 1 aliphatic rings.